The van der Waals surface area contributed by atoms with E-state index in [1.807, 2.05) is 0 Å². The van der Waals surface area contributed by atoms with Crippen LogP contribution in [0.4, 0.5) is 0 Å². The summed E-state index contributed by atoms with van der Waals surface area (Å²) >= 11 is 3.55. The van der Waals surface area contributed by atoms with Gasteiger partial charge < -0.3 is 4.90 Å². The van der Waals surface area contributed by atoms with Crippen molar-refractivity contribution in [1.29, 1.82) is 0 Å². The van der Waals surface area contributed by atoms with E-state index in [9.17, 15) is 4.79 Å². The monoisotopic (exact) mass is 412 g/mol. The topological polar surface area (TPSA) is 23.6 Å². The zero-order chi connectivity index (χ0) is 17.9. The van der Waals surface area contributed by atoms with E-state index in [1.165, 1.54) is 16.7 Å². The third kappa shape index (κ3) is 4.02. The first-order valence-corrected chi connectivity index (χ1v) is 10.3. The van der Waals surface area contributed by atoms with E-state index in [0.717, 1.165) is 56.5 Å². The highest BCUT2D eigenvalue weighted by Gasteiger charge is 2.30. The molecule has 0 aliphatic carbocycles. The van der Waals surface area contributed by atoms with Crippen molar-refractivity contribution in [2.24, 2.45) is 5.92 Å². The van der Waals surface area contributed by atoms with E-state index in [4.69, 9.17) is 0 Å². The summed E-state index contributed by atoms with van der Waals surface area (Å²) in [7, 11) is 0. The summed E-state index contributed by atoms with van der Waals surface area (Å²) in [5.74, 6) is 0.486. The van der Waals surface area contributed by atoms with E-state index < -0.39 is 0 Å². The van der Waals surface area contributed by atoms with E-state index in [2.05, 4.69) is 74.3 Å². The zero-order valence-corrected chi connectivity index (χ0v) is 16.6. The molecular weight excluding hydrogens is 388 g/mol. The second kappa shape index (κ2) is 7.93. The molecule has 1 atom stereocenters. The Kier molecular flexibility index (Phi) is 5.41. The van der Waals surface area contributed by atoms with Crippen LogP contribution in [0.25, 0.3) is 0 Å². The quantitative estimate of drug-likeness (QED) is 0.752. The molecule has 3 nitrogen and oxygen atoms in total. The summed E-state index contributed by atoms with van der Waals surface area (Å²) in [4.78, 5) is 17.6. The average Bonchev–Trinajstić information content (AvgIpc) is 2.67. The number of benzene rings is 2. The molecule has 2 heterocycles. The minimum absolute atomic E-state index is 0.140. The van der Waals surface area contributed by atoms with Crippen LogP contribution < -0.4 is 0 Å². The second-order valence-corrected chi connectivity index (χ2v) is 8.40. The highest BCUT2D eigenvalue weighted by molar-refractivity contribution is 9.10. The van der Waals surface area contributed by atoms with Gasteiger partial charge in [-0.2, -0.15) is 0 Å². The van der Waals surface area contributed by atoms with E-state index >= 15 is 0 Å². The largest absolute Gasteiger partial charge is 0.338 e. The van der Waals surface area contributed by atoms with Crippen LogP contribution in [0.2, 0.25) is 0 Å². The Labute approximate surface area is 164 Å². The van der Waals surface area contributed by atoms with Gasteiger partial charge in [-0.3, -0.25) is 9.69 Å². The number of likely N-dealkylation sites (tertiary alicyclic amines) is 1. The van der Waals surface area contributed by atoms with Gasteiger partial charge in [-0.1, -0.05) is 52.3 Å². The van der Waals surface area contributed by atoms with Crippen molar-refractivity contribution in [2.45, 2.75) is 32.4 Å². The maximum Gasteiger partial charge on any atom is 0.227 e. The second-order valence-electron chi connectivity index (χ2n) is 7.48. The predicted molar refractivity (Wildman–Crippen MR) is 108 cm³/mol. The highest BCUT2D eigenvalue weighted by atomic mass is 79.9. The Hall–Kier alpha value is -1.65. The number of rotatable bonds is 3. The summed E-state index contributed by atoms with van der Waals surface area (Å²) < 4.78 is 1.12. The number of hydrogen-bond acceptors (Lipinski definition) is 2. The van der Waals surface area contributed by atoms with Crippen LogP contribution in [-0.4, -0.2) is 35.3 Å². The van der Waals surface area contributed by atoms with Crippen LogP contribution in [0.3, 0.4) is 0 Å². The first kappa shape index (κ1) is 17.7. The van der Waals surface area contributed by atoms with Crippen molar-refractivity contribution >= 4 is 21.8 Å². The Bertz CT molecular complexity index is 791. The molecule has 0 aromatic heterocycles. The van der Waals surface area contributed by atoms with E-state index in [0.29, 0.717) is 5.91 Å². The van der Waals surface area contributed by atoms with Gasteiger partial charge >= 0.3 is 0 Å². The highest BCUT2D eigenvalue weighted by Crippen LogP contribution is 2.25. The molecule has 2 aliphatic rings. The van der Waals surface area contributed by atoms with Gasteiger partial charge in [0.25, 0.3) is 0 Å². The van der Waals surface area contributed by atoms with Gasteiger partial charge in [-0.05, 0) is 54.6 Å². The van der Waals surface area contributed by atoms with Gasteiger partial charge in [0.1, 0.15) is 0 Å². The molecule has 2 aromatic carbocycles. The third-order valence-electron chi connectivity index (χ3n) is 5.59. The summed E-state index contributed by atoms with van der Waals surface area (Å²) in [6, 6.07) is 17.0. The molecular formula is C22H25BrN2O. The number of fused-ring (bicyclic) bond motifs is 1. The van der Waals surface area contributed by atoms with Crippen LogP contribution in [0.15, 0.2) is 53.0 Å². The number of nitrogens with zero attached hydrogens (tertiary/aromatic N) is 2. The molecule has 0 spiro atoms. The fourth-order valence-corrected chi connectivity index (χ4v) is 4.68. The maximum absolute atomic E-state index is 13.1. The minimum Gasteiger partial charge on any atom is -0.338 e. The van der Waals surface area contributed by atoms with Crippen LogP contribution in [0.1, 0.15) is 29.5 Å². The van der Waals surface area contributed by atoms with E-state index in [-0.39, 0.29) is 5.92 Å². The van der Waals surface area contributed by atoms with Crippen molar-refractivity contribution in [1.82, 2.24) is 9.80 Å². The predicted octanol–water partition coefficient (Wildman–Crippen LogP) is 4.25. The molecule has 0 bridgehead atoms. The molecule has 136 valence electrons. The lowest BCUT2D eigenvalue weighted by atomic mass is 9.93. The Morgan fingerprint density at radius 3 is 2.77 bits per heavy atom. The molecule has 26 heavy (non-hydrogen) atoms. The first-order valence-electron chi connectivity index (χ1n) is 9.51. The number of halogens is 1. The van der Waals surface area contributed by atoms with Gasteiger partial charge in [-0.25, -0.2) is 0 Å². The molecule has 2 aliphatic heterocycles. The van der Waals surface area contributed by atoms with E-state index in [1.54, 1.807) is 0 Å². The molecule has 4 rings (SSSR count). The van der Waals surface area contributed by atoms with Gasteiger partial charge in [0.15, 0.2) is 0 Å². The van der Waals surface area contributed by atoms with Gasteiger partial charge in [0, 0.05) is 30.7 Å². The zero-order valence-electron chi connectivity index (χ0n) is 15.0. The Morgan fingerprint density at radius 2 is 1.92 bits per heavy atom. The van der Waals surface area contributed by atoms with Crippen LogP contribution in [0.5, 0.6) is 0 Å². The molecule has 1 unspecified atom stereocenters. The fraction of sp³-hybridized carbons (Fsp3) is 0.409. The van der Waals surface area contributed by atoms with Crippen LogP contribution in [0, 0.1) is 5.92 Å². The van der Waals surface area contributed by atoms with Crippen molar-refractivity contribution in [3.63, 3.8) is 0 Å². The van der Waals surface area contributed by atoms with Crippen molar-refractivity contribution < 1.29 is 4.79 Å². The minimum atomic E-state index is 0.140. The average molecular weight is 413 g/mol. The maximum atomic E-state index is 13.1. The molecule has 0 N–H and O–H groups in total. The van der Waals surface area contributed by atoms with Crippen LogP contribution >= 0.6 is 15.9 Å². The van der Waals surface area contributed by atoms with Gasteiger partial charge in [-0.15, -0.1) is 0 Å². The van der Waals surface area contributed by atoms with Gasteiger partial charge in [0.2, 0.25) is 5.91 Å². The lowest BCUT2D eigenvalue weighted by Gasteiger charge is -2.36. The first-order chi connectivity index (χ1) is 12.7. The number of amides is 1. The lowest BCUT2D eigenvalue weighted by molar-refractivity contribution is -0.138. The molecule has 0 radical (unpaired) electrons. The number of carbonyl (C=O) groups is 1. The lowest BCUT2D eigenvalue weighted by Crippen LogP contribution is -2.46. The summed E-state index contributed by atoms with van der Waals surface area (Å²) in [5.41, 5.74) is 4.02. The third-order valence-corrected chi connectivity index (χ3v) is 6.09. The van der Waals surface area contributed by atoms with Gasteiger partial charge in [0.05, 0.1) is 5.92 Å². The van der Waals surface area contributed by atoms with Crippen molar-refractivity contribution in [3.05, 3.63) is 69.7 Å². The van der Waals surface area contributed by atoms with Crippen molar-refractivity contribution in [3.8, 4) is 0 Å². The normalized spacial score (nSPS) is 20.7. The molecule has 4 heteroatoms. The number of piperidine rings is 1. The summed E-state index contributed by atoms with van der Waals surface area (Å²) in [5, 5.41) is 0. The SMILES string of the molecule is O=C(C1CCCN(Cc2cccc(Br)c2)C1)N1CCc2ccccc2C1. The number of hydrogen-bond donors (Lipinski definition) is 0. The molecule has 1 fully saturated rings. The van der Waals surface area contributed by atoms with Crippen LogP contribution in [-0.2, 0) is 24.3 Å². The molecule has 1 amide bonds. The molecule has 0 saturated carbocycles. The molecule has 1 saturated heterocycles. The standard InChI is InChI=1S/C22H25BrN2O/c23-21-9-3-5-17(13-21)14-24-11-4-8-20(15-24)22(26)25-12-10-18-6-1-2-7-19(18)16-25/h1-3,5-7,9,13,20H,4,8,10-12,14-16H2. The summed E-state index contributed by atoms with van der Waals surface area (Å²) in [6.07, 6.45) is 3.11. The summed E-state index contributed by atoms with van der Waals surface area (Å²) in [6.45, 7) is 4.52. The Morgan fingerprint density at radius 1 is 1.08 bits per heavy atom. The fourth-order valence-electron chi connectivity index (χ4n) is 4.24. The number of carbonyl (C=O) groups excluding carboxylic acids is 1. The van der Waals surface area contributed by atoms with Crippen molar-refractivity contribution in [2.75, 3.05) is 19.6 Å². The smallest absolute Gasteiger partial charge is 0.227 e. The molecule has 2 aromatic rings. The Balaban J connectivity index is 1.39.